The third kappa shape index (κ3) is 1.53. The Morgan fingerprint density at radius 3 is 2.90 bits per heavy atom. The van der Waals surface area contributed by atoms with Gasteiger partial charge in [-0.25, -0.2) is 14.5 Å². The van der Waals surface area contributed by atoms with E-state index in [1.807, 2.05) is 48.8 Å². The Morgan fingerprint density at radius 2 is 2.00 bits per heavy atom. The van der Waals surface area contributed by atoms with Crippen LogP contribution in [0.25, 0.3) is 28.0 Å². The number of aromatic nitrogens is 4. The molecule has 4 rings (SSSR count). The second-order valence-corrected chi connectivity index (χ2v) is 4.88. The maximum Gasteiger partial charge on any atom is 0.181 e. The molecule has 0 aliphatic carbocycles. The van der Waals surface area contributed by atoms with Crippen molar-refractivity contribution in [3.8, 4) is 11.3 Å². The van der Waals surface area contributed by atoms with Gasteiger partial charge in [0.05, 0.1) is 17.6 Å². The lowest BCUT2D eigenvalue weighted by Gasteiger charge is -2.05. The highest BCUT2D eigenvalue weighted by Gasteiger charge is 2.09. The molecular weight excluding hydrogens is 252 g/mol. The molecule has 0 aliphatic heterocycles. The van der Waals surface area contributed by atoms with Gasteiger partial charge in [0.15, 0.2) is 17.6 Å². The summed E-state index contributed by atoms with van der Waals surface area (Å²) >= 11 is 0. The number of hydrogen-bond acceptors (Lipinski definition) is 4. The minimum atomic E-state index is 0.783. The summed E-state index contributed by atoms with van der Waals surface area (Å²) in [4.78, 5) is 8.55. The largest absolute Gasteiger partial charge is 0.443 e. The minimum Gasteiger partial charge on any atom is -0.443 e. The number of hydrogen-bond donors (Lipinski definition) is 0. The van der Waals surface area contributed by atoms with E-state index in [1.165, 1.54) is 6.39 Å². The highest BCUT2D eigenvalue weighted by Crippen LogP contribution is 2.24. The molecule has 0 bridgehead atoms. The molecule has 5 heteroatoms. The molecule has 0 fully saturated rings. The molecule has 0 saturated carbocycles. The fourth-order valence-corrected chi connectivity index (χ4v) is 2.39. The highest BCUT2D eigenvalue weighted by molar-refractivity contribution is 5.79. The average Bonchev–Trinajstić information content (AvgIpc) is 3.05. The lowest BCUT2D eigenvalue weighted by molar-refractivity contribution is 0.602. The van der Waals surface area contributed by atoms with E-state index in [9.17, 15) is 0 Å². The van der Waals surface area contributed by atoms with Crippen molar-refractivity contribution in [2.45, 2.75) is 13.8 Å². The van der Waals surface area contributed by atoms with E-state index in [4.69, 9.17) is 4.42 Å². The summed E-state index contributed by atoms with van der Waals surface area (Å²) in [7, 11) is 0. The zero-order chi connectivity index (χ0) is 13.7. The summed E-state index contributed by atoms with van der Waals surface area (Å²) < 4.78 is 7.14. The maximum atomic E-state index is 5.26. The Bertz CT molecular complexity index is 936. The van der Waals surface area contributed by atoms with Crippen molar-refractivity contribution in [3.05, 3.63) is 48.1 Å². The van der Waals surface area contributed by atoms with E-state index in [-0.39, 0.29) is 0 Å². The fraction of sp³-hybridized carbons (Fsp3) is 0.133. The zero-order valence-electron chi connectivity index (χ0n) is 11.2. The maximum absolute atomic E-state index is 5.26. The first-order valence-electron chi connectivity index (χ1n) is 6.38. The predicted octanol–water partition coefficient (Wildman–Crippen LogP) is 3.15. The molecule has 3 heterocycles. The number of rotatable bonds is 1. The first kappa shape index (κ1) is 11.2. The van der Waals surface area contributed by atoms with Crippen LogP contribution in [0.4, 0.5) is 0 Å². The van der Waals surface area contributed by atoms with Crippen LogP contribution in [0, 0.1) is 13.8 Å². The summed E-state index contributed by atoms with van der Waals surface area (Å²) in [5.41, 5.74) is 6.56. The van der Waals surface area contributed by atoms with Gasteiger partial charge in [0.25, 0.3) is 0 Å². The summed E-state index contributed by atoms with van der Waals surface area (Å²) in [5, 5.41) is 4.65. The van der Waals surface area contributed by atoms with Crippen LogP contribution in [-0.4, -0.2) is 19.6 Å². The highest BCUT2D eigenvalue weighted by atomic mass is 16.3. The molecule has 20 heavy (non-hydrogen) atoms. The van der Waals surface area contributed by atoms with Crippen molar-refractivity contribution >= 4 is 16.7 Å². The quantitative estimate of drug-likeness (QED) is 0.530. The first-order valence-corrected chi connectivity index (χ1v) is 6.38. The Labute approximate surface area is 114 Å². The normalized spacial score (nSPS) is 11.5. The monoisotopic (exact) mass is 264 g/mol. The van der Waals surface area contributed by atoms with Crippen LogP contribution in [0.5, 0.6) is 0 Å². The van der Waals surface area contributed by atoms with E-state index in [1.54, 1.807) is 0 Å². The van der Waals surface area contributed by atoms with Crippen molar-refractivity contribution in [1.82, 2.24) is 19.6 Å². The second-order valence-electron chi connectivity index (χ2n) is 4.88. The van der Waals surface area contributed by atoms with Crippen molar-refractivity contribution in [2.24, 2.45) is 0 Å². The third-order valence-electron chi connectivity index (χ3n) is 3.45. The van der Waals surface area contributed by atoms with E-state index < -0.39 is 0 Å². The van der Waals surface area contributed by atoms with Crippen molar-refractivity contribution < 1.29 is 4.42 Å². The van der Waals surface area contributed by atoms with Gasteiger partial charge in [-0.1, -0.05) is 0 Å². The molecule has 3 aromatic heterocycles. The summed E-state index contributed by atoms with van der Waals surface area (Å²) in [6, 6.07) is 7.94. The Kier molecular flexibility index (Phi) is 2.18. The van der Waals surface area contributed by atoms with Gasteiger partial charge < -0.3 is 4.42 Å². The molecular formula is C15H12N4O. The van der Waals surface area contributed by atoms with Crippen molar-refractivity contribution in [2.75, 3.05) is 0 Å². The molecule has 0 amide bonds. The lowest BCUT2D eigenvalue weighted by atomic mass is 10.1. The molecule has 0 radical (unpaired) electrons. The van der Waals surface area contributed by atoms with Crippen LogP contribution < -0.4 is 0 Å². The van der Waals surface area contributed by atoms with Crippen LogP contribution in [0.1, 0.15) is 11.3 Å². The number of oxazole rings is 1. The minimum absolute atomic E-state index is 0.783. The van der Waals surface area contributed by atoms with Gasteiger partial charge in [-0.05, 0) is 43.7 Å². The smallest absolute Gasteiger partial charge is 0.181 e. The summed E-state index contributed by atoms with van der Waals surface area (Å²) in [5.74, 6) is 0. The van der Waals surface area contributed by atoms with Gasteiger partial charge in [-0.2, -0.15) is 5.10 Å². The first-order chi connectivity index (χ1) is 9.72. The molecule has 0 unspecified atom stereocenters. The van der Waals surface area contributed by atoms with E-state index >= 15 is 0 Å². The van der Waals surface area contributed by atoms with Gasteiger partial charge in [-0.15, -0.1) is 0 Å². The predicted molar refractivity (Wildman–Crippen MR) is 75.5 cm³/mol. The average molecular weight is 264 g/mol. The van der Waals surface area contributed by atoms with Crippen LogP contribution in [0.3, 0.4) is 0 Å². The molecule has 5 nitrogen and oxygen atoms in total. The van der Waals surface area contributed by atoms with Crippen LogP contribution in [0.15, 0.2) is 41.3 Å². The molecule has 98 valence electrons. The lowest BCUT2D eigenvalue weighted by Crippen LogP contribution is -1.98. The molecule has 4 aromatic rings. The van der Waals surface area contributed by atoms with Gasteiger partial charge in [0, 0.05) is 5.56 Å². The molecule has 1 aromatic carbocycles. The summed E-state index contributed by atoms with van der Waals surface area (Å²) in [6.07, 6.45) is 3.29. The van der Waals surface area contributed by atoms with Crippen LogP contribution >= 0.6 is 0 Å². The van der Waals surface area contributed by atoms with E-state index in [0.29, 0.717) is 0 Å². The summed E-state index contributed by atoms with van der Waals surface area (Å²) in [6.45, 7) is 4.04. The molecule has 0 aliphatic rings. The van der Waals surface area contributed by atoms with Gasteiger partial charge in [-0.3, -0.25) is 0 Å². The van der Waals surface area contributed by atoms with Crippen molar-refractivity contribution in [1.29, 1.82) is 0 Å². The SMILES string of the molecule is Cc1cc(-c2ccc3ocnc3c2)nn2c(C)cnc12. The number of benzene rings is 1. The Morgan fingerprint density at radius 1 is 1.10 bits per heavy atom. The van der Waals surface area contributed by atoms with Crippen LogP contribution in [-0.2, 0) is 0 Å². The third-order valence-corrected chi connectivity index (χ3v) is 3.45. The van der Waals surface area contributed by atoms with Crippen molar-refractivity contribution in [3.63, 3.8) is 0 Å². The Balaban J connectivity index is 1.98. The number of imidazole rings is 1. The van der Waals surface area contributed by atoms with E-state index in [2.05, 4.69) is 15.1 Å². The molecule has 0 spiro atoms. The Hall–Kier alpha value is -2.69. The number of nitrogens with zero attached hydrogens (tertiary/aromatic N) is 4. The molecule has 0 saturated heterocycles. The second kappa shape index (κ2) is 3.90. The number of fused-ring (bicyclic) bond motifs is 2. The number of aryl methyl sites for hydroxylation is 2. The van der Waals surface area contributed by atoms with Gasteiger partial charge >= 0.3 is 0 Å². The molecule has 0 atom stereocenters. The van der Waals surface area contributed by atoms with Gasteiger partial charge in [0.2, 0.25) is 0 Å². The van der Waals surface area contributed by atoms with Gasteiger partial charge in [0.1, 0.15) is 5.52 Å². The topological polar surface area (TPSA) is 56.2 Å². The zero-order valence-corrected chi connectivity index (χ0v) is 11.2. The van der Waals surface area contributed by atoms with E-state index in [0.717, 1.165) is 39.3 Å². The fourth-order valence-electron chi connectivity index (χ4n) is 2.39. The molecule has 0 N–H and O–H groups in total. The van der Waals surface area contributed by atoms with Crippen LogP contribution in [0.2, 0.25) is 0 Å². The standard InChI is InChI=1S/C15H12N4O/c1-9-5-12(18-19-10(2)7-16-15(9)19)11-3-4-14-13(6-11)17-8-20-14/h3-8H,1-2H3.